The van der Waals surface area contributed by atoms with Gasteiger partial charge in [0.2, 0.25) is 0 Å². The molecule has 0 N–H and O–H groups in total. The molecule has 0 radical (unpaired) electrons. The molecule has 37 heavy (non-hydrogen) atoms. The molecule has 0 aromatic carbocycles. The standard InChI is InChI=1S/C27H45BrO9/c1-6-34-27(30)25(28)14-23-19(7-8-22-24(23)11-18(2)26(22)37-17-33-5)12-21(36-16-32-4)13-20(9-10-29)35-15-31-3/h7-8,10,18-26H,6,9,11-17H2,1-5H3/t18-,19+,20-,21+,22-,23-,24-,25?,26-/m0/s1. The number of aldehydes is 1. The highest BCUT2D eigenvalue weighted by Crippen LogP contribution is 2.51. The summed E-state index contributed by atoms with van der Waals surface area (Å²) < 4.78 is 38.6. The van der Waals surface area contributed by atoms with Crippen LogP contribution in [0.2, 0.25) is 0 Å². The van der Waals surface area contributed by atoms with Gasteiger partial charge >= 0.3 is 5.97 Å². The summed E-state index contributed by atoms with van der Waals surface area (Å²) in [6.07, 6.45) is 8.08. The highest BCUT2D eigenvalue weighted by molar-refractivity contribution is 9.10. The molecule has 9 atom stereocenters. The number of ether oxygens (including phenoxy) is 7. The van der Waals surface area contributed by atoms with E-state index in [0.29, 0.717) is 37.7 Å². The minimum atomic E-state index is -0.396. The summed E-state index contributed by atoms with van der Waals surface area (Å²) in [5.74, 6) is 1.09. The molecule has 0 spiro atoms. The average molecular weight is 594 g/mol. The fourth-order valence-corrected chi connectivity index (χ4v) is 6.44. The van der Waals surface area contributed by atoms with Crippen LogP contribution in [0.5, 0.6) is 0 Å². The summed E-state index contributed by atoms with van der Waals surface area (Å²) in [6, 6.07) is 0. The predicted molar refractivity (Wildman–Crippen MR) is 141 cm³/mol. The third-order valence-electron chi connectivity index (χ3n) is 7.42. The van der Waals surface area contributed by atoms with Crippen molar-refractivity contribution in [1.29, 1.82) is 0 Å². The molecule has 0 aromatic heterocycles. The van der Waals surface area contributed by atoms with Gasteiger partial charge in [0.15, 0.2) is 0 Å². The summed E-state index contributed by atoms with van der Waals surface area (Å²) in [6.45, 7) is 4.89. The number of allylic oxidation sites excluding steroid dienone is 1. The first-order valence-corrected chi connectivity index (χ1v) is 14.1. The SMILES string of the molecule is CCOC(=O)C(Br)C[C@@H]1[C@H]2C[C@H](C)[C@H](OCOC)[C@H]2C=C[C@@H]1C[C@H](C[C@H](CC=O)OCOC)OCOC. The number of carbonyl (C=O) groups is 2. The fourth-order valence-electron chi connectivity index (χ4n) is 5.88. The quantitative estimate of drug-likeness (QED) is 0.0721. The number of fused-ring (bicyclic) bond motifs is 1. The van der Waals surface area contributed by atoms with E-state index in [0.717, 1.165) is 12.7 Å². The van der Waals surface area contributed by atoms with Crippen molar-refractivity contribution in [1.82, 2.24) is 0 Å². The number of hydrogen-bond acceptors (Lipinski definition) is 9. The zero-order valence-corrected chi connectivity index (χ0v) is 24.4. The van der Waals surface area contributed by atoms with Crippen LogP contribution in [0.25, 0.3) is 0 Å². The molecular formula is C27H45BrO9. The van der Waals surface area contributed by atoms with Gasteiger partial charge in [0.05, 0.1) is 24.9 Å². The van der Waals surface area contributed by atoms with Gasteiger partial charge < -0.3 is 38.0 Å². The normalized spacial score (nSPS) is 29.5. The van der Waals surface area contributed by atoms with Crippen molar-refractivity contribution in [3.05, 3.63) is 12.2 Å². The Morgan fingerprint density at radius 1 is 1.03 bits per heavy atom. The Kier molecular flexibility index (Phi) is 15.4. The maximum absolute atomic E-state index is 12.5. The highest BCUT2D eigenvalue weighted by atomic mass is 79.9. The van der Waals surface area contributed by atoms with Crippen LogP contribution in [-0.4, -0.2) is 83.7 Å². The van der Waals surface area contributed by atoms with Crippen LogP contribution in [-0.2, 0) is 42.7 Å². The average Bonchev–Trinajstić information content (AvgIpc) is 3.20. The van der Waals surface area contributed by atoms with Gasteiger partial charge in [-0.2, -0.15) is 0 Å². The molecule has 214 valence electrons. The second kappa shape index (κ2) is 17.7. The molecule has 1 fully saturated rings. The summed E-state index contributed by atoms with van der Waals surface area (Å²) in [5, 5.41) is 0. The fraction of sp³-hybridized carbons (Fsp3) is 0.852. The van der Waals surface area contributed by atoms with Gasteiger partial charge in [-0.05, 0) is 49.9 Å². The lowest BCUT2D eigenvalue weighted by Gasteiger charge is -2.40. The van der Waals surface area contributed by atoms with Crippen molar-refractivity contribution in [2.45, 2.75) is 69.1 Å². The molecule has 2 rings (SSSR count). The first kappa shape index (κ1) is 32.3. The van der Waals surface area contributed by atoms with Crippen molar-refractivity contribution in [3.8, 4) is 0 Å². The molecule has 10 heteroatoms. The van der Waals surface area contributed by atoms with E-state index in [1.165, 1.54) is 0 Å². The van der Waals surface area contributed by atoms with Gasteiger partial charge in [0.1, 0.15) is 31.5 Å². The Labute approximate surface area is 230 Å². The molecule has 0 saturated heterocycles. The number of alkyl halides is 1. The van der Waals surface area contributed by atoms with Crippen LogP contribution in [0.4, 0.5) is 0 Å². The monoisotopic (exact) mass is 592 g/mol. The van der Waals surface area contributed by atoms with Crippen LogP contribution < -0.4 is 0 Å². The summed E-state index contributed by atoms with van der Waals surface area (Å²) >= 11 is 3.60. The Hall–Kier alpha value is -0.880. The van der Waals surface area contributed by atoms with Crippen molar-refractivity contribution in [3.63, 3.8) is 0 Å². The molecule has 0 aromatic rings. The van der Waals surface area contributed by atoms with Crippen molar-refractivity contribution in [2.24, 2.45) is 29.6 Å². The molecule has 9 nitrogen and oxygen atoms in total. The second-order valence-electron chi connectivity index (χ2n) is 9.92. The van der Waals surface area contributed by atoms with Gasteiger partial charge in [-0.15, -0.1) is 0 Å². The number of hydrogen-bond donors (Lipinski definition) is 0. The van der Waals surface area contributed by atoms with Crippen LogP contribution in [0.3, 0.4) is 0 Å². The zero-order valence-electron chi connectivity index (χ0n) is 22.8. The minimum Gasteiger partial charge on any atom is -0.465 e. The van der Waals surface area contributed by atoms with Gasteiger partial charge in [0, 0.05) is 40.1 Å². The number of halogens is 1. The van der Waals surface area contributed by atoms with Crippen LogP contribution in [0.15, 0.2) is 12.2 Å². The molecular weight excluding hydrogens is 548 g/mol. The third-order valence-corrected chi connectivity index (χ3v) is 8.17. The molecule has 1 unspecified atom stereocenters. The van der Waals surface area contributed by atoms with Crippen molar-refractivity contribution < 1.29 is 42.7 Å². The number of carbonyl (C=O) groups excluding carboxylic acids is 2. The molecule has 2 aliphatic rings. The molecule has 1 saturated carbocycles. The Morgan fingerprint density at radius 2 is 1.70 bits per heavy atom. The zero-order chi connectivity index (χ0) is 27.2. The van der Waals surface area contributed by atoms with Crippen molar-refractivity contribution in [2.75, 3.05) is 48.3 Å². The van der Waals surface area contributed by atoms with Crippen molar-refractivity contribution >= 4 is 28.2 Å². The third kappa shape index (κ3) is 9.98. The second-order valence-corrected chi connectivity index (χ2v) is 11.0. The smallest absolute Gasteiger partial charge is 0.319 e. The summed E-state index contributed by atoms with van der Waals surface area (Å²) in [7, 11) is 4.77. The summed E-state index contributed by atoms with van der Waals surface area (Å²) in [5.41, 5.74) is 0. The van der Waals surface area contributed by atoms with E-state index in [1.807, 2.05) is 6.92 Å². The number of methoxy groups -OCH3 is 3. The first-order chi connectivity index (χ1) is 17.9. The Morgan fingerprint density at radius 3 is 2.32 bits per heavy atom. The van der Waals surface area contributed by atoms with E-state index in [1.54, 1.807) is 21.3 Å². The van der Waals surface area contributed by atoms with Crippen LogP contribution in [0.1, 0.15) is 46.0 Å². The molecule has 2 aliphatic carbocycles. The summed E-state index contributed by atoms with van der Waals surface area (Å²) in [4.78, 5) is 23.4. The Balaban J connectivity index is 2.26. The first-order valence-electron chi connectivity index (χ1n) is 13.1. The molecule has 0 amide bonds. The number of esters is 1. The minimum absolute atomic E-state index is 0.0703. The van der Waals surface area contributed by atoms with Gasteiger partial charge in [-0.25, -0.2) is 0 Å². The maximum atomic E-state index is 12.5. The van der Waals surface area contributed by atoms with Crippen LogP contribution in [0, 0.1) is 29.6 Å². The van der Waals surface area contributed by atoms with E-state index >= 15 is 0 Å². The molecule has 0 aliphatic heterocycles. The van der Waals surface area contributed by atoms with Gasteiger partial charge in [-0.1, -0.05) is 35.0 Å². The van der Waals surface area contributed by atoms with Gasteiger partial charge in [0.25, 0.3) is 0 Å². The topological polar surface area (TPSA) is 98.8 Å². The number of rotatable bonds is 19. The largest absolute Gasteiger partial charge is 0.465 e. The lowest BCUT2D eigenvalue weighted by Crippen LogP contribution is -2.38. The van der Waals surface area contributed by atoms with E-state index < -0.39 is 4.83 Å². The Bertz CT molecular complexity index is 691. The van der Waals surface area contributed by atoms with E-state index in [2.05, 4.69) is 35.0 Å². The molecule has 0 heterocycles. The van der Waals surface area contributed by atoms with Crippen LogP contribution >= 0.6 is 15.9 Å². The lowest BCUT2D eigenvalue weighted by molar-refractivity contribution is -0.142. The van der Waals surface area contributed by atoms with Gasteiger partial charge in [-0.3, -0.25) is 4.79 Å². The van der Waals surface area contributed by atoms with E-state index in [9.17, 15) is 9.59 Å². The maximum Gasteiger partial charge on any atom is 0.319 e. The van der Waals surface area contributed by atoms with E-state index in [4.69, 9.17) is 33.2 Å². The molecule has 0 bridgehead atoms. The lowest BCUT2D eigenvalue weighted by atomic mass is 9.68. The van der Waals surface area contributed by atoms with E-state index in [-0.39, 0.29) is 68.8 Å². The highest BCUT2D eigenvalue weighted by Gasteiger charge is 2.48. The predicted octanol–water partition coefficient (Wildman–Crippen LogP) is 4.11.